The molecule has 3 aliphatic rings. The highest BCUT2D eigenvalue weighted by molar-refractivity contribution is 5.77. The van der Waals surface area contributed by atoms with Gasteiger partial charge in [-0.2, -0.15) is 5.06 Å². The molecule has 4 aromatic carbocycles. The quantitative estimate of drug-likeness (QED) is 0.0225. The molecule has 0 spiro atoms. The van der Waals surface area contributed by atoms with E-state index in [1.165, 1.54) is 11.1 Å². The van der Waals surface area contributed by atoms with Gasteiger partial charge in [0.15, 0.2) is 0 Å². The number of piperidine rings is 3. The SMILES string of the molecule is CCC(C)(C)C(=O)OC1CC(C)(C)N(C)C(C)(C)C1.CCC(C)(C)C(=O)OC1CC(C)(C)N(OC)C(C)(C)C1.CCC(C)(C)C(=O)OC1CC(C)(C)NC(C)(C)C1.CCC(C)(C)C(=O)OCCc1ccc(O)c(N=Nc2ccccc2N)c1.CCC(C)c1cc(C(C)(C)C)c(O)c(C(C)(C)C)c1.CCC(C)c1cc(C)c(O)c(C(C)(C)C)c1. The first-order valence-electron chi connectivity index (χ1n) is 43.9. The number of esters is 4. The number of nitrogen functional groups attached to an aromatic ring is 1. The summed E-state index contributed by atoms with van der Waals surface area (Å²) in [6, 6.07) is 20.8. The lowest BCUT2D eigenvalue weighted by Gasteiger charge is -2.53. The Morgan fingerprint density at radius 1 is 0.483 bits per heavy atom. The fourth-order valence-corrected chi connectivity index (χ4v) is 15.1. The molecule has 3 heterocycles. The van der Waals surface area contributed by atoms with E-state index < -0.39 is 10.8 Å². The Hall–Kier alpha value is -6.60. The summed E-state index contributed by atoms with van der Waals surface area (Å²) in [5, 5.41) is 44.5. The second kappa shape index (κ2) is 42.5. The molecule has 0 aromatic heterocycles. The van der Waals surface area contributed by atoms with E-state index in [2.05, 4.69) is 225 Å². The summed E-state index contributed by atoms with van der Waals surface area (Å²) >= 11 is 0. The summed E-state index contributed by atoms with van der Waals surface area (Å²) in [4.78, 5) is 56.6. The van der Waals surface area contributed by atoms with Crippen molar-refractivity contribution in [2.75, 3.05) is 26.5 Å². The van der Waals surface area contributed by atoms with Crippen molar-refractivity contribution in [3.8, 4) is 17.2 Å². The molecule has 2 unspecified atom stereocenters. The molecule has 2 atom stereocenters. The van der Waals surface area contributed by atoms with Crippen molar-refractivity contribution in [3.63, 3.8) is 0 Å². The smallest absolute Gasteiger partial charge is 0.311 e. The Morgan fingerprint density at radius 2 is 0.822 bits per heavy atom. The standard InChI is InChI=1S/C20H25N3O3.C18H30O.C16H31NO3.C16H31NO2.C15H29NO2.C15H24O/c1-4-20(2,3)19(25)26-12-11-14-9-10-18(24)17(13-14)23-22-16-8-6-5-7-15(16)21;1-9-12(2)13-10-14(17(3,4)5)16(19)15(11-13)18(6,7)8;1-9-14(2,3)13(18)20-12-10-15(4,5)17(19-8)16(6,7)11-12;1-9-14(2,3)13(18)19-12-10-15(4,5)17(8)16(6,7)11-12;1-8-13(2,3)12(17)18-11-9-14(4,5)16-15(6,7)10-11;1-7-10(2)12-8-11(3)14(16)13(9-12)15(4,5)6/h5-10,13,24H,4,11-12,21H2,1-3H3;10-12,19H,9H2,1-8H3;12H,9-11H2,1-8H3;12H,9-11H2,1-8H3;11,16H,8-10H2,1-7H3;8-10,16H,7H2,1-6H3. The van der Waals surface area contributed by atoms with E-state index >= 15 is 0 Å². The van der Waals surface area contributed by atoms with Crippen molar-refractivity contribution in [1.82, 2.24) is 15.3 Å². The summed E-state index contributed by atoms with van der Waals surface area (Å²) in [7, 11) is 3.87. The van der Waals surface area contributed by atoms with Crippen LogP contribution in [0, 0.1) is 28.6 Å². The van der Waals surface area contributed by atoms with Gasteiger partial charge in [-0.3, -0.25) is 24.1 Å². The normalized spacial score (nSPS) is 18.3. The topological polar surface area (TPSA) is 244 Å². The molecule has 0 aliphatic carbocycles. The molecule has 3 aliphatic heterocycles. The van der Waals surface area contributed by atoms with Gasteiger partial charge < -0.3 is 50.2 Å². The maximum atomic E-state index is 12.3. The predicted octanol–water partition coefficient (Wildman–Crippen LogP) is 25.4. The van der Waals surface area contributed by atoms with Crippen LogP contribution in [-0.2, 0) is 65.6 Å². The Bertz CT molecular complexity index is 3820. The van der Waals surface area contributed by atoms with Gasteiger partial charge >= 0.3 is 23.9 Å². The first-order chi connectivity index (χ1) is 53.4. The maximum absolute atomic E-state index is 12.3. The lowest BCUT2D eigenvalue weighted by molar-refractivity contribution is -0.278. The first-order valence-corrected chi connectivity index (χ1v) is 43.9. The Labute approximate surface area is 718 Å². The van der Waals surface area contributed by atoms with Crippen LogP contribution in [0.3, 0.4) is 0 Å². The number of nitrogens with one attached hydrogen (secondary N) is 1. The van der Waals surface area contributed by atoms with Crippen LogP contribution in [-0.4, -0.2) is 121 Å². The van der Waals surface area contributed by atoms with Gasteiger partial charge in [-0.15, -0.1) is 10.2 Å². The third-order valence-corrected chi connectivity index (χ3v) is 24.8. The number of aromatic hydroxyl groups is 3. The predicted molar refractivity (Wildman–Crippen MR) is 490 cm³/mol. The third kappa shape index (κ3) is 32.0. The van der Waals surface area contributed by atoms with Crippen molar-refractivity contribution < 1.29 is 58.3 Å². The molecule has 7 rings (SSSR count). The van der Waals surface area contributed by atoms with Crippen LogP contribution in [0.4, 0.5) is 17.1 Å². The number of hydroxylamine groups is 2. The molecule has 0 radical (unpaired) electrons. The highest BCUT2D eigenvalue weighted by Gasteiger charge is 2.49. The number of likely N-dealkylation sites (tertiary alicyclic amines) is 1. The number of carbonyl (C=O) groups excluding carboxylic acids is 4. The number of para-hydroxylation sites is 1. The highest BCUT2D eigenvalue weighted by Crippen LogP contribution is 2.45. The number of aryl methyl sites for hydroxylation is 1. The van der Waals surface area contributed by atoms with E-state index in [1.807, 2.05) is 107 Å². The zero-order chi connectivity index (χ0) is 91.7. The number of hydrogen-bond donors (Lipinski definition) is 5. The van der Waals surface area contributed by atoms with Crippen LogP contribution >= 0.6 is 0 Å². The Morgan fingerprint density at radius 3 is 1.18 bits per heavy atom. The number of hydrogen-bond acceptors (Lipinski definition) is 18. The summed E-state index contributed by atoms with van der Waals surface area (Å²) in [5.74, 6) is 1.62. The number of nitrogens with zero attached hydrogens (tertiary/aromatic N) is 4. The molecular weight excluding hydrogens is 1480 g/mol. The fraction of sp³-hybridized carbons (Fsp3) is 0.720. The molecule has 0 saturated carbocycles. The maximum Gasteiger partial charge on any atom is 0.311 e. The number of anilines is 1. The molecular formula is C100H170N6O12. The zero-order valence-electron chi connectivity index (χ0n) is 82.0. The summed E-state index contributed by atoms with van der Waals surface area (Å²) in [6.45, 7) is 80.1. The van der Waals surface area contributed by atoms with Gasteiger partial charge in [0, 0.05) is 78.2 Å². The number of rotatable bonds is 21. The molecule has 18 heteroatoms. The molecule has 4 aromatic rings. The summed E-state index contributed by atoms with van der Waals surface area (Å²) < 4.78 is 22.7. The van der Waals surface area contributed by atoms with Crippen molar-refractivity contribution >= 4 is 40.9 Å². The summed E-state index contributed by atoms with van der Waals surface area (Å²) in [6.07, 6.45) is 11.0. The van der Waals surface area contributed by atoms with Crippen molar-refractivity contribution in [3.05, 3.63) is 106 Å². The number of phenols is 3. The Kier molecular flexibility index (Phi) is 38.7. The average molecular weight is 1650 g/mol. The number of azo groups is 1. The number of nitrogens with two attached hydrogens (primary N) is 1. The van der Waals surface area contributed by atoms with Gasteiger partial charge in [0.05, 0.1) is 41.1 Å². The second-order valence-corrected chi connectivity index (χ2v) is 43.5. The van der Waals surface area contributed by atoms with Crippen LogP contribution < -0.4 is 11.1 Å². The molecule has 18 nitrogen and oxygen atoms in total. The van der Waals surface area contributed by atoms with Crippen LogP contribution in [0.25, 0.3) is 0 Å². The minimum atomic E-state index is -0.482. The highest BCUT2D eigenvalue weighted by atomic mass is 16.7. The minimum absolute atomic E-state index is 0.00167. The number of carbonyl (C=O) groups is 4. The van der Waals surface area contributed by atoms with Gasteiger partial charge in [0.2, 0.25) is 0 Å². The van der Waals surface area contributed by atoms with Crippen molar-refractivity contribution in [2.24, 2.45) is 31.9 Å². The number of phenolic OH excluding ortho intramolecular Hbond substituents is 3. The molecule has 6 N–H and O–H groups in total. The van der Waals surface area contributed by atoms with Gasteiger partial charge in [-0.25, -0.2) is 0 Å². The zero-order valence-corrected chi connectivity index (χ0v) is 82.0. The minimum Gasteiger partial charge on any atom is -0.507 e. The van der Waals surface area contributed by atoms with E-state index in [-0.39, 0.29) is 115 Å². The summed E-state index contributed by atoms with van der Waals surface area (Å²) in [5.41, 5.74) is 13.1. The largest absolute Gasteiger partial charge is 0.507 e. The fourth-order valence-electron chi connectivity index (χ4n) is 15.1. The van der Waals surface area contributed by atoms with E-state index in [9.17, 15) is 34.5 Å². The van der Waals surface area contributed by atoms with Crippen LogP contribution in [0.2, 0.25) is 0 Å². The molecule has 118 heavy (non-hydrogen) atoms. The van der Waals surface area contributed by atoms with E-state index in [0.717, 1.165) is 105 Å². The van der Waals surface area contributed by atoms with Crippen LogP contribution in [0.5, 0.6) is 17.2 Å². The van der Waals surface area contributed by atoms with Gasteiger partial charge in [-0.1, -0.05) is 160 Å². The molecule has 672 valence electrons. The second-order valence-electron chi connectivity index (χ2n) is 43.5. The molecule has 3 fully saturated rings. The van der Waals surface area contributed by atoms with Crippen LogP contribution in [0.15, 0.2) is 77.0 Å². The van der Waals surface area contributed by atoms with E-state index in [1.54, 1.807) is 37.4 Å². The monoisotopic (exact) mass is 1650 g/mol. The van der Waals surface area contributed by atoms with Gasteiger partial charge in [-0.05, 0) is 282 Å². The van der Waals surface area contributed by atoms with Gasteiger partial charge in [0.25, 0.3) is 0 Å². The molecule has 3 saturated heterocycles. The lowest BCUT2D eigenvalue weighted by Crippen LogP contribution is -2.61. The molecule has 0 bridgehead atoms. The third-order valence-electron chi connectivity index (χ3n) is 24.8. The van der Waals surface area contributed by atoms with E-state index in [0.29, 0.717) is 46.8 Å². The first kappa shape index (κ1) is 107. The number of benzene rings is 4. The average Bonchev–Trinajstić information content (AvgIpc) is 0.788. The van der Waals surface area contributed by atoms with E-state index in [4.69, 9.17) is 29.5 Å². The number of ether oxygens (including phenoxy) is 4. The lowest BCUT2D eigenvalue weighted by atomic mass is 9.77. The van der Waals surface area contributed by atoms with Crippen molar-refractivity contribution in [1.29, 1.82) is 0 Å². The molecule has 0 amide bonds. The van der Waals surface area contributed by atoms with Gasteiger partial charge in [0.1, 0.15) is 46.9 Å². The van der Waals surface area contributed by atoms with Crippen LogP contribution in [0.1, 0.15) is 384 Å². The Balaban J connectivity index is 0.000000483. The van der Waals surface area contributed by atoms with Crippen molar-refractivity contribution in [2.45, 2.75) is 426 Å².